The monoisotopic (exact) mass is 654 g/mol. The van der Waals surface area contributed by atoms with Gasteiger partial charge in [-0.3, -0.25) is 0 Å². The van der Waals surface area contributed by atoms with E-state index in [1.165, 1.54) is 0 Å². The quantitative estimate of drug-likeness (QED) is 0.154. The molecule has 240 valence electrons. The maximum atomic E-state index is 16.3. The van der Waals surface area contributed by atoms with Crippen LogP contribution in [0.3, 0.4) is 0 Å². The summed E-state index contributed by atoms with van der Waals surface area (Å²) in [5.41, 5.74) is 0.367. The molecule has 0 aliphatic rings. The Balaban J connectivity index is 1.72. The number of ether oxygens (including phenoxy) is 2. The molecule has 0 saturated heterocycles. The van der Waals surface area contributed by atoms with Crippen molar-refractivity contribution in [3.8, 4) is 23.0 Å². The summed E-state index contributed by atoms with van der Waals surface area (Å²) in [6.45, 7) is 0. The smallest absolute Gasteiger partial charge is 0.457 e. The first kappa shape index (κ1) is 33.1. The topological polar surface area (TPSA) is 70.5 Å². The number of nitrogen functional groups attached to an aromatic ring is 2. The van der Waals surface area contributed by atoms with Gasteiger partial charge in [0.25, 0.3) is 0 Å². The van der Waals surface area contributed by atoms with Gasteiger partial charge in [-0.2, -0.15) is 48.3 Å². The zero-order valence-electron chi connectivity index (χ0n) is 22.1. The van der Waals surface area contributed by atoms with E-state index in [1.54, 1.807) is 0 Å². The summed E-state index contributed by atoms with van der Waals surface area (Å²) < 4.78 is 177. The number of benzene rings is 4. The van der Waals surface area contributed by atoms with Gasteiger partial charge < -0.3 is 20.9 Å². The Labute approximate surface area is 245 Å². The van der Waals surface area contributed by atoms with Crippen molar-refractivity contribution < 1.29 is 62.2 Å². The third-order valence-electron chi connectivity index (χ3n) is 6.37. The van der Waals surface area contributed by atoms with E-state index in [1.807, 2.05) is 0 Å². The molecule has 4 aromatic carbocycles. The highest BCUT2D eigenvalue weighted by molar-refractivity contribution is 5.52. The molecule has 0 aromatic heterocycles. The molecule has 0 aliphatic heterocycles. The maximum absolute atomic E-state index is 16.3. The molecule has 0 atom stereocenters. The van der Waals surface area contributed by atoms with Crippen LogP contribution in [-0.4, -0.2) is 12.1 Å². The number of halogens is 12. The van der Waals surface area contributed by atoms with Crippen molar-refractivity contribution in [2.75, 3.05) is 11.5 Å². The lowest BCUT2D eigenvalue weighted by molar-refractivity contribution is -0.323. The molecular weight excluding hydrogens is 636 g/mol. The molecule has 0 amide bonds. The van der Waals surface area contributed by atoms with Crippen LogP contribution in [0.15, 0.2) is 84.9 Å². The van der Waals surface area contributed by atoms with Crippen molar-refractivity contribution in [3.63, 3.8) is 0 Å². The van der Waals surface area contributed by atoms with Crippen LogP contribution in [0, 0.1) is 0 Å². The molecule has 0 heterocycles. The normalized spacial score (nSPS) is 13.1. The van der Waals surface area contributed by atoms with Crippen LogP contribution in [-0.2, 0) is 18.0 Å². The van der Waals surface area contributed by atoms with E-state index >= 15 is 4.39 Å². The summed E-state index contributed by atoms with van der Waals surface area (Å²) in [6, 6.07) is 9.38. The van der Waals surface area contributed by atoms with Gasteiger partial charge in [-0.25, -0.2) is 4.39 Å². The van der Waals surface area contributed by atoms with Crippen LogP contribution in [0.1, 0.15) is 22.3 Å². The van der Waals surface area contributed by atoms with Gasteiger partial charge in [0.1, 0.15) is 34.1 Å². The molecule has 0 radical (unpaired) electrons. The van der Waals surface area contributed by atoms with Gasteiger partial charge in [-0.15, -0.1) is 0 Å². The van der Waals surface area contributed by atoms with Crippen molar-refractivity contribution >= 4 is 11.4 Å². The number of rotatable bonds is 7. The third kappa shape index (κ3) is 6.54. The van der Waals surface area contributed by atoms with E-state index in [-0.39, 0.29) is 11.4 Å². The van der Waals surface area contributed by atoms with Gasteiger partial charge in [0.2, 0.25) is 5.67 Å². The minimum absolute atomic E-state index is 0.271. The van der Waals surface area contributed by atoms with Gasteiger partial charge in [0.15, 0.2) is 0 Å². The van der Waals surface area contributed by atoms with Crippen LogP contribution in [0.2, 0.25) is 0 Å². The van der Waals surface area contributed by atoms with Crippen LogP contribution in [0.25, 0.3) is 0 Å². The predicted molar refractivity (Wildman–Crippen MR) is 138 cm³/mol. The standard InChI is InChI=1S/C29H18F12N2O2/c30-25(28(37,38)29(39,40)41,15-1-7-19(8-2-15)44-23-11-5-17(42)13-21(23)26(31,32)33)16-3-9-20(10-4-16)45-24-12-6-18(43)14-22(24)27(34,35)36/h1-14H,42-43H2. The molecule has 4 nitrogen and oxygen atoms in total. The van der Waals surface area contributed by atoms with Crippen LogP contribution >= 0.6 is 0 Å². The second-order valence-electron chi connectivity index (χ2n) is 9.49. The van der Waals surface area contributed by atoms with Crippen LogP contribution in [0.4, 0.5) is 64.1 Å². The Morgan fingerprint density at radius 2 is 0.778 bits per heavy atom. The Kier molecular flexibility index (Phi) is 8.33. The van der Waals surface area contributed by atoms with Gasteiger partial charge in [-0.1, -0.05) is 24.3 Å². The zero-order valence-corrected chi connectivity index (χ0v) is 22.1. The first-order chi connectivity index (χ1) is 20.6. The average molecular weight is 654 g/mol. The van der Waals surface area contributed by atoms with E-state index in [4.69, 9.17) is 20.9 Å². The predicted octanol–water partition coefficient (Wildman–Crippen LogP) is 9.88. The molecular formula is C29H18F12N2O2. The minimum Gasteiger partial charge on any atom is -0.457 e. The highest BCUT2D eigenvalue weighted by Gasteiger charge is 2.72. The number of alkyl halides is 12. The largest absolute Gasteiger partial charge is 0.457 e. The summed E-state index contributed by atoms with van der Waals surface area (Å²) in [7, 11) is 0. The number of anilines is 2. The Morgan fingerprint density at radius 1 is 0.444 bits per heavy atom. The molecule has 16 heteroatoms. The summed E-state index contributed by atoms with van der Waals surface area (Å²) in [6.07, 6.45) is -16.3. The lowest BCUT2D eigenvalue weighted by atomic mass is 9.82. The van der Waals surface area contributed by atoms with E-state index in [0.29, 0.717) is 60.7 Å². The molecule has 0 bridgehead atoms. The Hall–Kier alpha value is -4.76. The van der Waals surface area contributed by atoms with Gasteiger partial charge in [0, 0.05) is 22.5 Å². The Morgan fingerprint density at radius 3 is 1.07 bits per heavy atom. The first-order valence-corrected chi connectivity index (χ1v) is 12.3. The fourth-order valence-corrected chi connectivity index (χ4v) is 4.20. The maximum Gasteiger partial charge on any atom is 0.457 e. The summed E-state index contributed by atoms with van der Waals surface area (Å²) in [5.74, 6) is -8.64. The zero-order chi connectivity index (χ0) is 33.6. The van der Waals surface area contributed by atoms with Crippen molar-refractivity contribution in [1.29, 1.82) is 0 Å². The average Bonchev–Trinajstić information content (AvgIpc) is 2.93. The van der Waals surface area contributed by atoms with Crippen molar-refractivity contribution in [1.82, 2.24) is 0 Å². The highest BCUT2D eigenvalue weighted by atomic mass is 19.4. The molecule has 4 rings (SSSR count). The van der Waals surface area contributed by atoms with E-state index < -0.39 is 75.4 Å². The fourth-order valence-electron chi connectivity index (χ4n) is 4.20. The third-order valence-corrected chi connectivity index (χ3v) is 6.37. The molecule has 0 unspecified atom stereocenters. The van der Waals surface area contributed by atoms with Crippen LogP contribution < -0.4 is 20.9 Å². The summed E-state index contributed by atoms with van der Waals surface area (Å²) in [5, 5.41) is 0. The van der Waals surface area contributed by atoms with Crippen LogP contribution in [0.5, 0.6) is 23.0 Å². The van der Waals surface area contributed by atoms with Crippen molar-refractivity contribution in [2.24, 2.45) is 0 Å². The van der Waals surface area contributed by atoms with E-state index in [0.717, 1.165) is 24.3 Å². The van der Waals surface area contributed by atoms with E-state index in [2.05, 4.69) is 0 Å². The number of hydrogen-bond acceptors (Lipinski definition) is 4. The van der Waals surface area contributed by atoms with Crippen molar-refractivity contribution in [3.05, 3.63) is 107 Å². The summed E-state index contributed by atoms with van der Waals surface area (Å²) in [4.78, 5) is 0. The molecule has 0 aliphatic carbocycles. The lowest BCUT2D eigenvalue weighted by Gasteiger charge is -2.35. The van der Waals surface area contributed by atoms with Gasteiger partial charge in [-0.05, 0) is 60.7 Å². The second-order valence-corrected chi connectivity index (χ2v) is 9.49. The Bertz CT molecular complexity index is 1550. The number of hydrogen-bond donors (Lipinski definition) is 2. The van der Waals surface area contributed by atoms with E-state index in [9.17, 15) is 48.3 Å². The molecule has 4 N–H and O–H groups in total. The van der Waals surface area contributed by atoms with Crippen molar-refractivity contribution in [2.45, 2.75) is 30.1 Å². The summed E-state index contributed by atoms with van der Waals surface area (Å²) >= 11 is 0. The molecule has 4 aromatic rings. The second kappa shape index (κ2) is 11.3. The highest BCUT2D eigenvalue weighted by Crippen LogP contribution is 2.55. The molecule has 45 heavy (non-hydrogen) atoms. The fraction of sp³-hybridized carbons (Fsp3) is 0.172. The molecule has 0 spiro atoms. The SMILES string of the molecule is Nc1ccc(Oc2ccc(C(F)(c3ccc(Oc4ccc(N)cc4C(F)(F)F)cc3)C(F)(F)C(F)(F)F)cc2)c(C(F)(F)F)c1. The lowest BCUT2D eigenvalue weighted by Crippen LogP contribution is -2.53. The number of nitrogens with two attached hydrogens (primary N) is 2. The molecule has 0 fully saturated rings. The molecule has 0 saturated carbocycles. The van der Waals surface area contributed by atoms with Gasteiger partial charge in [0.05, 0.1) is 0 Å². The first-order valence-electron chi connectivity index (χ1n) is 12.3. The minimum atomic E-state index is -6.46. The van der Waals surface area contributed by atoms with Gasteiger partial charge >= 0.3 is 24.5 Å².